The monoisotopic (exact) mass is 239 g/mol. The molecule has 0 N–H and O–H groups in total. The fourth-order valence-corrected chi connectivity index (χ4v) is 3.12. The average molecular weight is 239 g/mol. The van der Waals surface area contributed by atoms with Gasteiger partial charge in [-0.2, -0.15) is 0 Å². The van der Waals surface area contributed by atoms with Gasteiger partial charge in [0.1, 0.15) is 0 Å². The summed E-state index contributed by atoms with van der Waals surface area (Å²) in [6.07, 6.45) is 9.72. The third kappa shape index (κ3) is 3.72. The minimum atomic E-state index is 0.372. The van der Waals surface area contributed by atoms with E-state index in [1.165, 1.54) is 32.1 Å². The van der Waals surface area contributed by atoms with Crippen LogP contribution in [0, 0.1) is 5.92 Å². The molecule has 0 radical (unpaired) electrons. The summed E-state index contributed by atoms with van der Waals surface area (Å²) in [5, 5.41) is 0. The van der Waals surface area contributed by atoms with Gasteiger partial charge in [-0.25, -0.2) is 0 Å². The second kappa shape index (κ2) is 7.73. The molecule has 1 saturated carbocycles. The van der Waals surface area contributed by atoms with Gasteiger partial charge in [-0.05, 0) is 38.5 Å². The summed E-state index contributed by atoms with van der Waals surface area (Å²) in [5.74, 6) is 0.844. The Morgan fingerprint density at radius 3 is 2.24 bits per heavy atom. The van der Waals surface area contributed by atoms with E-state index in [0.29, 0.717) is 17.9 Å². The molecule has 1 unspecified atom stereocenters. The molecule has 0 aromatic carbocycles. The van der Waals surface area contributed by atoms with E-state index in [1.807, 2.05) is 13.8 Å². The van der Waals surface area contributed by atoms with Gasteiger partial charge in [0.05, 0.1) is 0 Å². The van der Waals surface area contributed by atoms with Gasteiger partial charge in [-0.1, -0.05) is 33.6 Å². The van der Waals surface area contributed by atoms with Crippen molar-refractivity contribution in [1.29, 1.82) is 0 Å². The standard InChI is InChI=1S/C13H23NO.C2H6/c1-2-12-9-5-6-10-14(12)13(15)11-7-3-4-8-11;1-2/h11-12H,2-10H2,1H3;1-2H3. The Hall–Kier alpha value is -0.530. The topological polar surface area (TPSA) is 20.3 Å². The molecule has 2 nitrogen and oxygen atoms in total. The third-order valence-electron chi connectivity index (χ3n) is 4.09. The van der Waals surface area contributed by atoms with Crippen LogP contribution in [-0.4, -0.2) is 23.4 Å². The lowest BCUT2D eigenvalue weighted by Gasteiger charge is -2.37. The molecule has 1 atom stereocenters. The Kier molecular flexibility index (Phi) is 6.61. The molecular formula is C15H29NO. The van der Waals surface area contributed by atoms with E-state index in [4.69, 9.17) is 0 Å². The van der Waals surface area contributed by atoms with Crippen molar-refractivity contribution in [3.05, 3.63) is 0 Å². The summed E-state index contributed by atoms with van der Waals surface area (Å²) >= 11 is 0. The van der Waals surface area contributed by atoms with Gasteiger partial charge in [0.15, 0.2) is 0 Å². The number of rotatable bonds is 2. The second-order valence-corrected chi connectivity index (χ2v) is 5.07. The van der Waals surface area contributed by atoms with E-state index in [-0.39, 0.29) is 0 Å². The lowest BCUT2D eigenvalue weighted by atomic mass is 9.97. The molecule has 1 saturated heterocycles. The van der Waals surface area contributed by atoms with E-state index in [0.717, 1.165) is 25.8 Å². The molecule has 1 heterocycles. The van der Waals surface area contributed by atoms with Crippen LogP contribution in [0.1, 0.15) is 72.1 Å². The van der Waals surface area contributed by atoms with Crippen molar-refractivity contribution >= 4 is 5.91 Å². The smallest absolute Gasteiger partial charge is 0.225 e. The molecule has 2 rings (SSSR count). The lowest BCUT2D eigenvalue weighted by molar-refractivity contribution is -0.139. The van der Waals surface area contributed by atoms with Crippen molar-refractivity contribution in [2.24, 2.45) is 5.92 Å². The fraction of sp³-hybridized carbons (Fsp3) is 0.933. The highest BCUT2D eigenvalue weighted by Crippen LogP contribution is 2.29. The normalized spacial score (nSPS) is 25.4. The first-order valence-electron chi connectivity index (χ1n) is 7.63. The molecule has 0 spiro atoms. The molecule has 2 aliphatic rings. The number of amides is 1. The van der Waals surface area contributed by atoms with Crippen molar-refractivity contribution in [3.63, 3.8) is 0 Å². The number of carbonyl (C=O) groups excluding carboxylic acids is 1. The Morgan fingerprint density at radius 1 is 1.06 bits per heavy atom. The maximum atomic E-state index is 12.3. The first-order valence-corrected chi connectivity index (χ1v) is 7.63. The molecule has 0 bridgehead atoms. The molecule has 1 aliphatic heterocycles. The summed E-state index contributed by atoms with van der Waals surface area (Å²) in [4.78, 5) is 14.5. The van der Waals surface area contributed by atoms with Gasteiger partial charge in [-0.15, -0.1) is 0 Å². The highest BCUT2D eigenvalue weighted by Gasteiger charge is 2.31. The average Bonchev–Trinajstić information content (AvgIpc) is 2.94. The van der Waals surface area contributed by atoms with E-state index < -0.39 is 0 Å². The highest BCUT2D eigenvalue weighted by atomic mass is 16.2. The Bertz CT molecular complexity index is 221. The van der Waals surface area contributed by atoms with Crippen molar-refractivity contribution in [3.8, 4) is 0 Å². The predicted octanol–water partition coefficient (Wildman–Crippen LogP) is 3.99. The van der Waals surface area contributed by atoms with Crippen LogP contribution < -0.4 is 0 Å². The molecule has 2 fully saturated rings. The van der Waals surface area contributed by atoms with E-state index in [9.17, 15) is 4.79 Å². The summed E-state index contributed by atoms with van der Waals surface area (Å²) in [6, 6.07) is 0.548. The van der Waals surface area contributed by atoms with Crippen LogP contribution in [0.3, 0.4) is 0 Å². The zero-order chi connectivity index (χ0) is 12.7. The van der Waals surface area contributed by atoms with E-state index in [1.54, 1.807) is 0 Å². The first-order chi connectivity index (χ1) is 8.33. The quantitative estimate of drug-likeness (QED) is 0.713. The van der Waals surface area contributed by atoms with Crippen LogP contribution in [0.5, 0.6) is 0 Å². The molecule has 0 aromatic rings. The largest absolute Gasteiger partial charge is 0.339 e. The molecule has 2 heteroatoms. The van der Waals surface area contributed by atoms with Crippen molar-refractivity contribution in [1.82, 2.24) is 4.90 Å². The van der Waals surface area contributed by atoms with Crippen LogP contribution in [-0.2, 0) is 4.79 Å². The number of hydrogen-bond acceptors (Lipinski definition) is 1. The summed E-state index contributed by atoms with van der Waals surface area (Å²) in [7, 11) is 0. The van der Waals surface area contributed by atoms with Crippen LogP contribution >= 0.6 is 0 Å². The van der Waals surface area contributed by atoms with Crippen LogP contribution in [0.15, 0.2) is 0 Å². The highest BCUT2D eigenvalue weighted by molar-refractivity contribution is 5.79. The summed E-state index contributed by atoms with van der Waals surface area (Å²) in [6.45, 7) is 7.23. The molecular weight excluding hydrogens is 210 g/mol. The fourth-order valence-electron chi connectivity index (χ4n) is 3.12. The number of likely N-dealkylation sites (tertiary alicyclic amines) is 1. The molecule has 100 valence electrons. The molecule has 17 heavy (non-hydrogen) atoms. The van der Waals surface area contributed by atoms with Gasteiger partial charge in [0, 0.05) is 18.5 Å². The minimum Gasteiger partial charge on any atom is -0.339 e. The number of piperidine rings is 1. The maximum absolute atomic E-state index is 12.3. The Balaban J connectivity index is 0.000000686. The zero-order valence-electron chi connectivity index (χ0n) is 11.9. The first kappa shape index (κ1) is 14.5. The predicted molar refractivity (Wildman–Crippen MR) is 72.9 cm³/mol. The van der Waals surface area contributed by atoms with E-state index in [2.05, 4.69) is 11.8 Å². The van der Waals surface area contributed by atoms with Crippen LogP contribution in [0.2, 0.25) is 0 Å². The summed E-state index contributed by atoms with van der Waals surface area (Å²) < 4.78 is 0. The SMILES string of the molecule is CC.CCC1CCCCN1C(=O)C1CCCC1. The number of nitrogens with zero attached hydrogens (tertiary/aromatic N) is 1. The van der Waals surface area contributed by atoms with Gasteiger partial charge in [0.2, 0.25) is 5.91 Å². The van der Waals surface area contributed by atoms with Crippen molar-refractivity contribution in [2.75, 3.05) is 6.54 Å². The molecule has 0 aromatic heterocycles. The van der Waals surface area contributed by atoms with Crippen LogP contribution in [0.25, 0.3) is 0 Å². The molecule has 1 aliphatic carbocycles. The second-order valence-electron chi connectivity index (χ2n) is 5.07. The number of hydrogen-bond donors (Lipinski definition) is 0. The zero-order valence-corrected chi connectivity index (χ0v) is 11.9. The maximum Gasteiger partial charge on any atom is 0.225 e. The minimum absolute atomic E-state index is 0.372. The molecule has 1 amide bonds. The van der Waals surface area contributed by atoms with Gasteiger partial charge in [-0.3, -0.25) is 4.79 Å². The summed E-state index contributed by atoms with van der Waals surface area (Å²) in [5.41, 5.74) is 0. The van der Waals surface area contributed by atoms with Gasteiger partial charge >= 0.3 is 0 Å². The van der Waals surface area contributed by atoms with E-state index >= 15 is 0 Å². The number of carbonyl (C=O) groups is 1. The van der Waals surface area contributed by atoms with Crippen LogP contribution in [0.4, 0.5) is 0 Å². The van der Waals surface area contributed by atoms with Gasteiger partial charge in [0.25, 0.3) is 0 Å². The van der Waals surface area contributed by atoms with Crippen molar-refractivity contribution < 1.29 is 4.79 Å². The Morgan fingerprint density at radius 2 is 1.65 bits per heavy atom. The lowest BCUT2D eigenvalue weighted by Crippen LogP contribution is -2.45. The van der Waals surface area contributed by atoms with Gasteiger partial charge < -0.3 is 4.90 Å². The third-order valence-corrected chi connectivity index (χ3v) is 4.09. The Labute approximate surface area is 107 Å². The van der Waals surface area contributed by atoms with Crippen molar-refractivity contribution in [2.45, 2.75) is 78.2 Å².